The fourth-order valence-electron chi connectivity index (χ4n) is 8.24. The molecular weight excluding hydrogens is 711 g/mol. The van der Waals surface area contributed by atoms with Crippen LogP contribution < -0.4 is 4.90 Å². The maximum absolute atomic E-state index is 10.3. The molecule has 9 aromatic carbocycles. The molecule has 0 amide bonds. The van der Waals surface area contributed by atoms with Gasteiger partial charge in [0, 0.05) is 22.4 Å². The van der Waals surface area contributed by atoms with E-state index in [4.69, 9.17) is 19.2 Å². The first kappa shape index (κ1) is 16.2. The van der Waals surface area contributed by atoms with Gasteiger partial charge in [-0.15, -0.1) is 0 Å². The summed E-state index contributed by atoms with van der Waals surface area (Å²) in [7, 11) is 0. The number of benzene rings is 9. The van der Waals surface area contributed by atoms with Gasteiger partial charge in [-0.3, -0.25) is 0 Å². The Bertz CT molecular complexity index is 4700. The first-order valence-corrected chi connectivity index (χ1v) is 18.3. The second-order valence-corrected chi connectivity index (χ2v) is 14.3. The highest BCUT2D eigenvalue weighted by Gasteiger charge is 2.46. The molecule has 0 bridgehead atoms. The van der Waals surface area contributed by atoms with Crippen molar-refractivity contribution in [2.75, 3.05) is 4.90 Å². The molecule has 0 radical (unpaired) electrons. The maximum atomic E-state index is 10.3. The summed E-state index contributed by atoms with van der Waals surface area (Å²) < 4.78 is 267. The van der Waals surface area contributed by atoms with E-state index >= 15 is 0 Å². The SMILES string of the molecule is [2H]c1cc([2H])c(C2(c3cc([2H])c([2H])c([2H])c3[2H])c3cc(N(c4cc([2H])c([2H])c(-c5c([2H])c([2H])c6c(c5[2H])C(C)(C)c5cc([2H])c([2H])c([2H])c5-6)c4[2H])c4c([2H])c([2H])c([2H])c([2H])c4-c4c([2H])c([2H])c([2H])c([2H])c4[2H])ccc3-c3c([2H])c([2H])c([2H])c([2H])c32)cc1[2H]. The fourth-order valence-corrected chi connectivity index (χ4v) is 8.24. The zero-order chi connectivity index (χ0) is 64.8. The third-order valence-electron chi connectivity index (χ3n) is 10.9. The number of para-hydroxylation sites is 1. The van der Waals surface area contributed by atoms with E-state index in [-0.39, 0.29) is 50.6 Å². The Morgan fingerprint density at radius 1 is 0.390 bits per heavy atom. The summed E-state index contributed by atoms with van der Waals surface area (Å²) in [5.74, 6) is 0. The Labute approximate surface area is 388 Å². The van der Waals surface area contributed by atoms with E-state index in [1.165, 1.54) is 24.3 Å². The summed E-state index contributed by atoms with van der Waals surface area (Å²) in [6, 6.07) is -14.0. The van der Waals surface area contributed by atoms with Crippen molar-refractivity contribution in [2.24, 2.45) is 0 Å². The van der Waals surface area contributed by atoms with Gasteiger partial charge in [-0.1, -0.05) is 201 Å². The predicted molar refractivity (Wildman–Crippen MR) is 247 cm³/mol. The van der Waals surface area contributed by atoms with E-state index < -0.39 is 230 Å². The maximum Gasteiger partial charge on any atom is 0.0714 e. The minimum atomic E-state index is -2.58. The number of hydrogen-bond donors (Lipinski definition) is 0. The molecule has 1 unspecified atom stereocenters. The highest BCUT2D eigenvalue weighted by atomic mass is 15.1. The van der Waals surface area contributed by atoms with Gasteiger partial charge >= 0.3 is 0 Å². The zero-order valence-corrected chi connectivity index (χ0v) is 31.1. The van der Waals surface area contributed by atoms with Crippen LogP contribution in [0.25, 0.3) is 44.5 Å². The molecule has 11 rings (SSSR count). The number of hydrogen-bond acceptors (Lipinski definition) is 1. The van der Waals surface area contributed by atoms with Crippen molar-refractivity contribution in [2.45, 2.75) is 24.7 Å². The van der Waals surface area contributed by atoms with E-state index in [1.807, 2.05) is 0 Å². The van der Waals surface area contributed by atoms with Gasteiger partial charge in [0.2, 0.25) is 0 Å². The average Bonchev–Trinajstić information content (AvgIpc) is 1.48. The van der Waals surface area contributed by atoms with Crippen molar-refractivity contribution in [3.05, 3.63) is 257 Å². The Hall–Kier alpha value is -7.22. The van der Waals surface area contributed by atoms with E-state index in [0.29, 0.717) is 0 Å². The first-order chi connectivity index (χ1) is 41.0. The Balaban J connectivity index is 1.37. The molecule has 59 heavy (non-hydrogen) atoms. The highest BCUT2D eigenvalue weighted by Crippen LogP contribution is 2.57. The molecule has 0 heterocycles. The van der Waals surface area contributed by atoms with Gasteiger partial charge in [0.25, 0.3) is 0 Å². The molecule has 1 atom stereocenters. The van der Waals surface area contributed by atoms with Crippen LogP contribution in [0.5, 0.6) is 0 Å². The summed E-state index contributed by atoms with van der Waals surface area (Å²) in [5, 5.41) is 0. The van der Waals surface area contributed by atoms with Gasteiger partial charge in [0.1, 0.15) is 0 Å². The normalized spacial score (nSPS) is 22.4. The van der Waals surface area contributed by atoms with Crippen LogP contribution in [0.1, 0.15) is 87.0 Å². The van der Waals surface area contributed by atoms with Crippen molar-refractivity contribution >= 4 is 17.1 Å². The van der Waals surface area contributed by atoms with Crippen molar-refractivity contribution in [3.63, 3.8) is 0 Å². The van der Waals surface area contributed by atoms with Crippen LogP contribution in [-0.4, -0.2) is 0 Å². The number of anilines is 3. The molecule has 0 spiro atoms. The molecule has 0 fully saturated rings. The number of fused-ring (bicyclic) bond motifs is 6. The number of rotatable bonds is 7. The van der Waals surface area contributed by atoms with Crippen LogP contribution in [0.15, 0.2) is 224 Å². The Morgan fingerprint density at radius 2 is 1.03 bits per heavy atom. The smallest absolute Gasteiger partial charge is 0.0714 e. The molecule has 1 heteroatoms. The van der Waals surface area contributed by atoms with E-state index in [0.717, 1.165) is 29.2 Å². The van der Waals surface area contributed by atoms with Gasteiger partial charge in [0.05, 0.1) is 50.9 Å². The van der Waals surface area contributed by atoms with E-state index in [2.05, 4.69) is 0 Å². The minimum absolute atomic E-state index is 0.00255. The molecule has 2 aliphatic rings. The number of nitrogens with zero attached hydrogens (tertiary/aromatic N) is 1. The van der Waals surface area contributed by atoms with Crippen LogP contribution >= 0.6 is 0 Å². The van der Waals surface area contributed by atoms with Gasteiger partial charge in [-0.05, 0) is 109 Å². The summed E-state index contributed by atoms with van der Waals surface area (Å²) in [4.78, 5) is 0.880. The second-order valence-electron chi connectivity index (χ2n) is 14.3. The van der Waals surface area contributed by atoms with E-state index in [1.54, 1.807) is 13.8 Å². The zero-order valence-electron chi connectivity index (χ0n) is 60.1. The quantitative estimate of drug-likeness (QED) is 0.156. The van der Waals surface area contributed by atoms with Gasteiger partial charge in [0.15, 0.2) is 0 Å². The molecule has 0 saturated heterocycles. The molecule has 0 aliphatic heterocycles. The Morgan fingerprint density at radius 3 is 1.92 bits per heavy atom. The van der Waals surface area contributed by atoms with Crippen molar-refractivity contribution < 1.29 is 39.8 Å². The summed E-state index contributed by atoms with van der Waals surface area (Å²) in [6.45, 7) is 3.22. The van der Waals surface area contributed by atoms with Crippen LogP contribution in [-0.2, 0) is 10.8 Å². The summed E-state index contributed by atoms with van der Waals surface area (Å²) >= 11 is 0. The van der Waals surface area contributed by atoms with E-state index in [9.17, 15) is 20.6 Å². The highest BCUT2D eigenvalue weighted by molar-refractivity contribution is 5.93. The second kappa shape index (κ2) is 13.7. The molecule has 9 aromatic rings. The third kappa shape index (κ3) is 5.39. The van der Waals surface area contributed by atoms with Crippen LogP contribution in [0.2, 0.25) is 0 Å². The summed E-state index contributed by atoms with van der Waals surface area (Å²) in [6.07, 6.45) is 0. The van der Waals surface area contributed by atoms with Crippen LogP contribution in [0.4, 0.5) is 17.1 Å². The monoisotopic (exact) mass is 783 g/mol. The topological polar surface area (TPSA) is 3.24 Å². The Kier molecular flexibility index (Phi) is 3.77. The van der Waals surface area contributed by atoms with Crippen molar-refractivity contribution in [3.8, 4) is 44.5 Å². The molecule has 2 aliphatic carbocycles. The lowest BCUT2D eigenvalue weighted by Crippen LogP contribution is -2.28. The lowest BCUT2D eigenvalue weighted by molar-refractivity contribution is 0.660. The minimum Gasteiger partial charge on any atom is -0.310 e. The van der Waals surface area contributed by atoms with Crippen LogP contribution in [0, 0.1) is 0 Å². The molecular formula is C58H43N. The molecule has 0 aromatic heterocycles. The third-order valence-corrected chi connectivity index (χ3v) is 10.9. The first-order valence-electron chi connectivity index (χ1n) is 32.8. The van der Waals surface area contributed by atoms with Gasteiger partial charge in [-0.2, -0.15) is 0 Å². The molecule has 280 valence electrons. The predicted octanol–water partition coefficient (Wildman–Crippen LogP) is 15.2. The summed E-state index contributed by atoms with van der Waals surface area (Å²) in [5.41, 5.74) is -10.6. The average molecular weight is 783 g/mol. The van der Waals surface area contributed by atoms with Crippen molar-refractivity contribution in [1.82, 2.24) is 0 Å². The lowest BCUT2D eigenvalue weighted by atomic mass is 9.67. The standard InChI is InChI=1S/C58H43N/c1-57(2)52-30-15-12-28-48(52)50-35-33-42(38-54(50)57)41-21-18-26-45(37-41)59(56-32-17-14-27-47(56)40-19-6-3-7-20-40)46-34-36-51-49-29-13-16-31-53(49)58(55(51)39-46,43-22-8-4-9-23-43)44-24-10-5-11-25-44/h3-39H,1-2H3/i3D,4D,5D,6D,7D,8D,9D,10D,12D,13D,14D,15D,16D,17D,18D,19D,20D,21D,22D,25D,27D,28D,29D,31D,32D,33D,35D,37D,38D. The largest absolute Gasteiger partial charge is 0.310 e. The lowest BCUT2D eigenvalue weighted by Gasteiger charge is -2.35. The van der Waals surface area contributed by atoms with Gasteiger partial charge in [-0.25, -0.2) is 0 Å². The van der Waals surface area contributed by atoms with Crippen molar-refractivity contribution in [1.29, 1.82) is 0 Å². The fraction of sp³-hybridized carbons (Fsp3) is 0.0690. The molecule has 1 nitrogen and oxygen atoms in total. The molecule has 0 saturated carbocycles. The molecule has 0 N–H and O–H groups in total. The van der Waals surface area contributed by atoms with Gasteiger partial charge < -0.3 is 4.90 Å². The van der Waals surface area contributed by atoms with Crippen LogP contribution in [0.3, 0.4) is 0 Å².